The third kappa shape index (κ3) is 5.75. The molecule has 1 aromatic carbocycles. The molecule has 2 N–H and O–H groups in total. The zero-order chi connectivity index (χ0) is 14.3. The van der Waals surface area contributed by atoms with Crippen molar-refractivity contribution in [3.05, 3.63) is 34.9 Å². The Bertz CT molecular complexity index is 449. The molecule has 0 saturated heterocycles. The van der Waals surface area contributed by atoms with Gasteiger partial charge in [-0.25, -0.2) is 0 Å². The maximum Gasteiger partial charge on any atom is 0.239 e. The monoisotopic (exact) mass is 282 g/mol. The maximum atomic E-state index is 11.6. The van der Waals surface area contributed by atoms with Crippen molar-refractivity contribution in [3.8, 4) is 0 Å². The average Bonchev–Trinajstić information content (AvgIpc) is 2.38. The summed E-state index contributed by atoms with van der Waals surface area (Å²) in [5.74, 6) is -0.324. The fraction of sp³-hybridized carbons (Fsp3) is 0.429. The average molecular weight is 283 g/mol. The van der Waals surface area contributed by atoms with E-state index >= 15 is 0 Å². The highest BCUT2D eigenvalue weighted by molar-refractivity contribution is 6.31. The van der Waals surface area contributed by atoms with Gasteiger partial charge < -0.3 is 10.6 Å². The van der Waals surface area contributed by atoms with Gasteiger partial charge in [-0.05, 0) is 25.0 Å². The van der Waals surface area contributed by atoms with E-state index in [0.717, 1.165) is 5.56 Å². The Morgan fingerprint density at radius 1 is 1.26 bits per heavy atom. The molecular weight excluding hydrogens is 264 g/mol. The highest BCUT2D eigenvalue weighted by Gasteiger charge is 2.10. The fourth-order valence-corrected chi connectivity index (χ4v) is 1.89. The van der Waals surface area contributed by atoms with Crippen molar-refractivity contribution < 1.29 is 9.59 Å². The quantitative estimate of drug-likeness (QED) is 0.837. The predicted octanol–water partition coefficient (Wildman–Crippen LogP) is 1.91. The van der Waals surface area contributed by atoms with Crippen LogP contribution in [0.1, 0.15) is 25.8 Å². The van der Waals surface area contributed by atoms with Crippen LogP contribution in [0.15, 0.2) is 24.3 Å². The molecule has 104 valence electrons. The molecule has 0 aliphatic rings. The van der Waals surface area contributed by atoms with Gasteiger partial charge in [0.15, 0.2) is 0 Å². The zero-order valence-corrected chi connectivity index (χ0v) is 12.0. The van der Waals surface area contributed by atoms with Crippen LogP contribution in [0.3, 0.4) is 0 Å². The molecule has 4 nitrogen and oxygen atoms in total. The molecule has 0 spiro atoms. The van der Waals surface area contributed by atoms with Crippen molar-refractivity contribution in [2.24, 2.45) is 0 Å². The Hall–Kier alpha value is -1.55. The Balaban J connectivity index is 2.39. The fourth-order valence-electron chi connectivity index (χ4n) is 1.67. The first-order valence-corrected chi connectivity index (χ1v) is 6.70. The minimum Gasteiger partial charge on any atom is -0.352 e. The van der Waals surface area contributed by atoms with Crippen molar-refractivity contribution in [1.29, 1.82) is 0 Å². The van der Waals surface area contributed by atoms with E-state index in [-0.39, 0.29) is 24.4 Å². The summed E-state index contributed by atoms with van der Waals surface area (Å²) in [4.78, 5) is 22.6. The Kier molecular flexibility index (Phi) is 6.36. The van der Waals surface area contributed by atoms with Crippen LogP contribution in [-0.4, -0.2) is 24.4 Å². The topological polar surface area (TPSA) is 58.2 Å². The smallest absolute Gasteiger partial charge is 0.239 e. The molecule has 0 aromatic heterocycles. The van der Waals surface area contributed by atoms with Crippen LogP contribution < -0.4 is 10.6 Å². The van der Waals surface area contributed by atoms with Crippen molar-refractivity contribution in [3.63, 3.8) is 0 Å². The van der Waals surface area contributed by atoms with Gasteiger partial charge in [0.1, 0.15) is 0 Å². The van der Waals surface area contributed by atoms with Crippen LogP contribution in [0.25, 0.3) is 0 Å². The lowest BCUT2D eigenvalue weighted by molar-refractivity contribution is -0.126. The molecule has 2 amide bonds. The minimum atomic E-state index is -0.193. The molecule has 0 heterocycles. The number of nitrogens with one attached hydrogen (secondary N) is 2. The summed E-state index contributed by atoms with van der Waals surface area (Å²) in [6.45, 7) is 3.66. The molecule has 0 saturated carbocycles. The summed E-state index contributed by atoms with van der Waals surface area (Å²) in [5, 5.41) is 6.06. The molecule has 1 rings (SSSR count). The molecule has 0 unspecified atom stereocenters. The van der Waals surface area contributed by atoms with E-state index in [0.29, 0.717) is 17.9 Å². The molecular formula is C14H19ClN2O2. The highest BCUT2D eigenvalue weighted by atomic mass is 35.5. The van der Waals surface area contributed by atoms with Crippen LogP contribution in [0.2, 0.25) is 5.02 Å². The Morgan fingerprint density at radius 2 is 1.95 bits per heavy atom. The summed E-state index contributed by atoms with van der Waals surface area (Å²) < 4.78 is 0. The van der Waals surface area contributed by atoms with Gasteiger partial charge in [0.05, 0.1) is 6.54 Å². The van der Waals surface area contributed by atoms with Crippen molar-refractivity contribution in [2.75, 3.05) is 6.54 Å². The molecule has 0 fully saturated rings. The number of rotatable bonds is 6. The second kappa shape index (κ2) is 7.79. The van der Waals surface area contributed by atoms with E-state index in [1.165, 1.54) is 0 Å². The van der Waals surface area contributed by atoms with E-state index < -0.39 is 0 Å². The second-order valence-electron chi connectivity index (χ2n) is 4.39. The van der Waals surface area contributed by atoms with Gasteiger partial charge in [0.25, 0.3) is 0 Å². The third-order valence-corrected chi connectivity index (χ3v) is 3.03. The van der Waals surface area contributed by atoms with Gasteiger partial charge in [0, 0.05) is 17.5 Å². The Labute approximate surface area is 118 Å². The van der Waals surface area contributed by atoms with Gasteiger partial charge in [-0.3, -0.25) is 9.59 Å². The van der Waals surface area contributed by atoms with E-state index in [9.17, 15) is 9.59 Å². The van der Waals surface area contributed by atoms with Gasteiger partial charge >= 0.3 is 0 Å². The number of halogens is 1. The largest absolute Gasteiger partial charge is 0.352 e. The van der Waals surface area contributed by atoms with E-state index in [2.05, 4.69) is 10.6 Å². The molecule has 5 heteroatoms. The highest BCUT2D eigenvalue weighted by Crippen LogP contribution is 2.16. The van der Waals surface area contributed by atoms with Gasteiger partial charge in [-0.2, -0.15) is 0 Å². The third-order valence-electron chi connectivity index (χ3n) is 2.66. The predicted molar refractivity (Wildman–Crippen MR) is 76.1 cm³/mol. The number of benzene rings is 1. The summed E-state index contributed by atoms with van der Waals surface area (Å²) in [7, 11) is 0. The van der Waals surface area contributed by atoms with Gasteiger partial charge in [-0.15, -0.1) is 0 Å². The van der Waals surface area contributed by atoms with Crippen LogP contribution in [-0.2, 0) is 16.0 Å². The van der Waals surface area contributed by atoms with Gasteiger partial charge in [0.2, 0.25) is 11.8 Å². The Morgan fingerprint density at radius 3 is 2.58 bits per heavy atom. The van der Waals surface area contributed by atoms with Crippen LogP contribution in [0.5, 0.6) is 0 Å². The van der Waals surface area contributed by atoms with Crippen molar-refractivity contribution in [1.82, 2.24) is 10.6 Å². The number of carbonyl (C=O) groups is 2. The lowest BCUT2D eigenvalue weighted by Crippen LogP contribution is -2.41. The molecule has 19 heavy (non-hydrogen) atoms. The maximum absolute atomic E-state index is 11.6. The minimum absolute atomic E-state index is 0.0134. The summed E-state index contributed by atoms with van der Waals surface area (Å²) in [6.07, 6.45) is 1.04. The van der Waals surface area contributed by atoms with Gasteiger partial charge in [-0.1, -0.05) is 36.7 Å². The number of hydrogen-bond donors (Lipinski definition) is 2. The summed E-state index contributed by atoms with van der Waals surface area (Å²) >= 11 is 6.06. The standard InChI is InChI=1S/C14H19ClN2O2/c1-3-13(18)16-9-14(19)17-10(2)8-11-6-4-5-7-12(11)15/h4-7,10H,3,8-9H2,1-2H3,(H,16,18)(H,17,19)/t10-/m1/s1. The molecule has 0 aliphatic heterocycles. The van der Waals surface area contributed by atoms with Crippen LogP contribution in [0, 0.1) is 0 Å². The number of amides is 2. The van der Waals surface area contributed by atoms with Crippen molar-refractivity contribution >= 4 is 23.4 Å². The van der Waals surface area contributed by atoms with E-state index in [1.807, 2.05) is 31.2 Å². The first-order valence-electron chi connectivity index (χ1n) is 6.32. The first kappa shape index (κ1) is 15.5. The number of carbonyl (C=O) groups excluding carboxylic acids is 2. The summed E-state index contributed by atoms with van der Waals surface area (Å²) in [6, 6.07) is 7.51. The first-order chi connectivity index (χ1) is 9.02. The van der Waals surface area contributed by atoms with Crippen LogP contribution >= 0.6 is 11.6 Å². The molecule has 0 bridgehead atoms. The van der Waals surface area contributed by atoms with E-state index in [4.69, 9.17) is 11.6 Å². The normalized spacial score (nSPS) is 11.7. The SMILES string of the molecule is CCC(=O)NCC(=O)N[C@H](C)Cc1ccccc1Cl. The summed E-state index contributed by atoms with van der Waals surface area (Å²) in [5.41, 5.74) is 0.995. The molecule has 1 atom stereocenters. The van der Waals surface area contributed by atoms with Crippen molar-refractivity contribution in [2.45, 2.75) is 32.7 Å². The second-order valence-corrected chi connectivity index (χ2v) is 4.80. The number of hydrogen-bond acceptors (Lipinski definition) is 2. The zero-order valence-electron chi connectivity index (χ0n) is 11.2. The van der Waals surface area contributed by atoms with E-state index in [1.54, 1.807) is 6.92 Å². The lowest BCUT2D eigenvalue weighted by Gasteiger charge is -2.15. The molecule has 0 aliphatic carbocycles. The molecule has 1 aromatic rings. The lowest BCUT2D eigenvalue weighted by atomic mass is 10.1. The van der Waals surface area contributed by atoms with Crippen LogP contribution in [0.4, 0.5) is 0 Å². The molecule has 0 radical (unpaired) electrons.